The lowest BCUT2D eigenvalue weighted by Crippen LogP contribution is -2.50. The zero-order valence-electron chi connectivity index (χ0n) is 11.7. The van der Waals surface area contributed by atoms with Gasteiger partial charge < -0.3 is 20.2 Å². The lowest BCUT2D eigenvalue weighted by atomic mass is 10.1. The molecular weight excluding hydrogens is 276 g/mol. The molecule has 114 valence electrons. The number of carbonyl (C=O) groups excluding carboxylic acids is 2. The van der Waals surface area contributed by atoms with E-state index in [9.17, 15) is 14.4 Å². The van der Waals surface area contributed by atoms with Crippen LogP contribution in [0, 0.1) is 5.92 Å². The van der Waals surface area contributed by atoms with Crippen LogP contribution in [-0.4, -0.2) is 35.0 Å². The molecule has 21 heavy (non-hydrogen) atoms. The summed E-state index contributed by atoms with van der Waals surface area (Å²) in [6.07, 6.45) is 3.80. The minimum atomic E-state index is -1.06. The van der Waals surface area contributed by atoms with E-state index in [-0.39, 0.29) is 5.76 Å². The van der Waals surface area contributed by atoms with Crippen molar-refractivity contribution in [3.05, 3.63) is 24.2 Å². The molecule has 0 bridgehead atoms. The normalized spacial score (nSPS) is 16.8. The second kappa shape index (κ2) is 6.43. The lowest BCUT2D eigenvalue weighted by Gasteiger charge is -2.18. The van der Waals surface area contributed by atoms with Crippen LogP contribution in [-0.2, 0) is 9.59 Å². The molecule has 2 unspecified atom stereocenters. The fourth-order valence-electron chi connectivity index (χ4n) is 1.95. The van der Waals surface area contributed by atoms with Gasteiger partial charge in [-0.25, -0.2) is 4.79 Å². The van der Waals surface area contributed by atoms with Crippen molar-refractivity contribution >= 4 is 17.8 Å². The van der Waals surface area contributed by atoms with Crippen LogP contribution >= 0.6 is 0 Å². The first-order valence-electron chi connectivity index (χ1n) is 6.85. The van der Waals surface area contributed by atoms with Crippen molar-refractivity contribution in [2.45, 2.75) is 38.3 Å². The Balaban J connectivity index is 1.85. The van der Waals surface area contributed by atoms with Gasteiger partial charge in [-0.3, -0.25) is 9.59 Å². The van der Waals surface area contributed by atoms with Gasteiger partial charge in [0.25, 0.3) is 5.91 Å². The van der Waals surface area contributed by atoms with Gasteiger partial charge in [-0.2, -0.15) is 0 Å². The van der Waals surface area contributed by atoms with Crippen molar-refractivity contribution in [3.8, 4) is 0 Å². The van der Waals surface area contributed by atoms with E-state index in [4.69, 9.17) is 9.52 Å². The van der Waals surface area contributed by atoms with Crippen molar-refractivity contribution in [2.24, 2.45) is 5.92 Å². The molecule has 0 aromatic carbocycles. The second-order valence-electron chi connectivity index (χ2n) is 5.25. The molecule has 2 rings (SSSR count). The number of nitrogens with one attached hydrogen (secondary N) is 2. The van der Waals surface area contributed by atoms with E-state index in [1.54, 1.807) is 6.07 Å². The number of carbonyl (C=O) groups is 3. The minimum Gasteiger partial charge on any atom is -0.480 e. The van der Waals surface area contributed by atoms with Crippen molar-refractivity contribution in [3.63, 3.8) is 0 Å². The molecule has 1 saturated carbocycles. The zero-order valence-corrected chi connectivity index (χ0v) is 11.7. The predicted molar refractivity (Wildman–Crippen MR) is 72.5 cm³/mol. The lowest BCUT2D eigenvalue weighted by molar-refractivity contribution is -0.142. The Morgan fingerprint density at radius 3 is 2.62 bits per heavy atom. The first-order valence-corrected chi connectivity index (χ1v) is 6.85. The van der Waals surface area contributed by atoms with E-state index >= 15 is 0 Å². The molecule has 0 aliphatic heterocycles. The Kier molecular flexibility index (Phi) is 4.62. The van der Waals surface area contributed by atoms with Crippen molar-refractivity contribution in [2.75, 3.05) is 0 Å². The van der Waals surface area contributed by atoms with Gasteiger partial charge in [-0.15, -0.1) is 0 Å². The molecule has 0 spiro atoms. The first-order chi connectivity index (χ1) is 9.97. The number of carboxylic acid groups (broad SMARTS) is 1. The van der Waals surface area contributed by atoms with Crippen molar-refractivity contribution < 1.29 is 23.9 Å². The second-order valence-corrected chi connectivity index (χ2v) is 5.25. The van der Waals surface area contributed by atoms with E-state index in [2.05, 4.69) is 10.6 Å². The molecular formula is C14H18N2O5. The highest BCUT2D eigenvalue weighted by Gasteiger charge is 2.31. The number of amides is 2. The Bertz CT molecular complexity index is 521. The SMILES string of the molecule is CC(NC(=O)c1ccco1)C(=O)NC(CC1CC1)C(=O)O. The average Bonchev–Trinajstić information content (AvgIpc) is 3.07. The van der Waals surface area contributed by atoms with Crippen LogP contribution in [0.25, 0.3) is 0 Å². The molecule has 0 radical (unpaired) electrons. The standard InChI is InChI=1S/C14H18N2O5/c1-8(15-13(18)11-3-2-6-21-11)12(17)16-10(14(19)20)7-9-4-5-9/h2-3,6,8-10H,4-5,7H2,1H3,(H,15,18)(H,16,17)(H,19,20). The summed E-state index contributed by atoms with van der Waals surface area (Å²) in [5, 5.41) is 14.0. The molecule has 7 heteroatoms. The van der Waals surface area contributed by atoms with E-state index in [1.807, 2.05) is 0 Å². The van der Waals surface area contributed by atoms with Crippen LogP contribution in [0.5, 0.6) is 0 Å². The van der Waals surface area contributed by atoms with Gasteiger partial charge in [0.05, 0.1) is 6.26 Å². The summed E-state index contributed by atoms with van der Waals surface area (Å²) in [4.78, 5) is 34.8. The van der Waals surface area contributed by atoms with E-state index in [0.717, 1.165) is 12.8 Å². The third kappa shape index (κ3) is 4.34. The fraction of sp³-hybridized carbons (Fsp3) is 0.500. The highest BCUT2D eigenvalue weighted by molar-refractivity contribution is 5.96. The van der Waals surface area contributed by atoms with Gasteiger partial charge in [-0.05, 0) is 31.4 Å². The predicted octanol–water partition coefficient (Wildman–Crippen LogP) is 0.767. The zero-order chi connectivity index (χ0) is 15.4. The van der Waals surface area contributed by atoms with Crippen LogP contribution in [0.15, 0.2) is 22.8 Å². The Labute approximate surface area is 121 Å². The monoisotopic (exact) mass is 294 g/mol. The number of furan rings is 1. The molecule has 3 N–H and O–H groups in total. The molecule has 1 aromatic rings. The molecule has 7 nitrogen and oxygen atoms in total. The molecule has 1 fully saturated rings. The number of aliphatic carboxylic acids is 1. The van der Waals surface area contributed by atoms with Crippen LogP contribution in [0.3, 0.4) is 0 Å². The number of rotatable bonds is 7. The highest BCUT2D eigenvalue weighted by atomic mass is 16.4. The van der Waals surface area contributed by atoms with E-state index in [1.165, 1.54) is 19.3 Å². The maximum absolute atomic E-state index is 11.9. The number of hydrogen-bond donors (Lipinski definition) is 3. The quantitative estimate of drug-likeness (QED) is 0.688. The topological polar surface area (TPSA) is 109 Å². The Morgan fingerprint density at radius 2 is 2.10 bits per heavy atom. The van der Waals surface area contributed by atoms with Crippen LogP contribution in [0.2, 0.25) is 0 Å². The van der Waals surface area contributed by atoms with Crippen LogP contribution < -0.4 is 10.6 Å². The molecule has 1 aliphatic rings. The molecule has 1 aromatic heterocycles. The summed E-state index contributed by atoms with van der Waals surface area (Å²) < 4.78 is 4.92. The van der Waals surface area contributed by atoms with Crippen LogP contribution in [0.1, 0.15) is 36.7 Å². The minimum absolute atomic E-state index is 0.0995. The summed E-state index contributed by atoms with van der Waals surface area (Å²) in [6, 6.07) is 1.29. The average molecular weight is 294 g/mol. The van der Waals surface area contributed by atoms with E-state index in [0.29, 0.717) is 12.3 Å². The largest absolute Gasteiger partial charge is 0.480 e. The molecule has 2 atom stereocenters. The van der Waals surface area contributed by atoms with E-state index < -0.39 is 29.9 Å². The molecule has 2 amide bonds. The van der Waals surface area contributed by atoms with Crippen molar-refractivity contribution in [1.82, 2.24) is 10.6 Å². The summed E-state index contributed by atoms with van der Waals surface area (Å²) in [5.41, 5.74) is 0. The van der Waals surface area contributed by atoms with Gasteiger partial charge in [0.2, 0.25) is 5.91 Å². The summed E-state index contributed by atoms with van der Waals surface area (Å²) in [7, 11) is 0. The smallest absolute Gasteiger partial charge is 0.326 e. The maximum atomic E-state index is 11.9. The summed E-state index contributed by atoms with van der Waals surface area (Å²) in [6.45, 7) is 1.49. The highest BCUT2D eigenvalue weighted by Crippen LogP contribution is 2.33. The number of carboxylic acids is 1. The Hall–Kier alpha value is -2.31. The number of hydrogen-bond acceptors (Lipinski definition) is 4. The third-order valence-corrected chi connectivity index (χ3v) is 3.37. The van der Waals surface area contributed by atoms with Crippen molar-refractivity contribution in [1.29, 1.82) is 0 Å². The molecule has 1 aliphatic carbocycles. The first kappa shape index (κ1) is 15.1. The van der Waals surface area contributed by atoms with Crippen LogP contribution in [0.4, 0.5) is 0 Å². The summed E-state index contributed by atoms with van der Waals surface area (Å²) in [5.74, 6) is -1.62. The van der Waals surface area contributed by atoms with Gasteiger partial charge >= 0.3 is 5.97 Å². The fourth-order valence-corrected chi connectivity index (χ4v) is 1.95. The summed E-state index contributed by atoms with van der Waals surface area (Å²) >= 11 is 0. The molecule has 1 heterocycles. The third-order valence-electron chi connectivity index (χ3n) is 3.37. The Morgan fingerprint density at radius 1 is 1.38 bits per heavy atom. The van der Waals surface area contributed by atoms with Gasteiger partial charge in [0.1, 0.15) is 12.1 Å². The van der Waals surface area contributed by atoms with Gasteiger partial charge in [-0.1, -0.05) is 12.8 Å². The van der Waals surface area contributed by atoms with Gasteiger partial charge in [0.15, 0.2) is 5.76 Å². The molecule has 0 saturated heterocycles. The maximum Gasteiger partial charge on any atom is 0.326 e. The van der Waals surface area contributed by atoms with Gasteiger partial charge in [0, 0.05) is 0 Å².